The van der Waals surface area contributed by atoms with Gasteiger partial charge in [-0.3, -0.25) is 4.79 Å². The van der Waals surface area contributed by atoms with E-state index in [1.807, 2.05) is 38.2 Å². The Kier molecular flexibility index (Phi) is 7.48. The van der Waals surface area contributed by atoms with Gasteiger partial charge < -0.3 is 18.9 Å². The number of para-hydroxylation sites is 1. The van der Waals surface area contributed by atoms with Crippen LogP contribution < -0.4 is 4.74 Å². The van der Waals surface area contributed by atoms with Crippen LogP contribution in [0.3, 0.4) is 0 Å². The quantitative estimate of drug-likeness (QED) is 0.330. The third kappa shape index (κ3) is 5.01. The highest BCUT2D eigenvalue weighted by molar-refractivity contribution is 7.89. The van der Waals surface area contributed by atoms with Crippen molar-refractivity contribution in [3.05, 3.63) is 88.4 Å². The first-order valence-electron chi connectivity index (χ1n) is 11.7. The Labute approximate surface area is 211 Å². The van der Waals surface area contributed by atoms with E-state index in [0.717, 1.165) is 22.3 Å². The number of aromatic nitrogens is 1. The molecule has 0 N–H and O–H groups in total. The number of sulfonamides is 1. The number of hydrogen-bond donors (Lipinski definition) is 0. The number of hydrogen-bond acceptors (Lipinski definition) is 5. The van der Waals surface area contributed by atoms with E-state index in [4.69, 9.17) is 16.0 Å². The molecule has 1 unspecified atom stereocenters. The molecule has 3 aromatic rings. The van der Waals surface area contributed by atoms with Gasteiger partial charge in [0.05, 0.1) is 19.8 Å². The zero-order valence-corrected chi connectivity index (χ0v) is 21.4. The molecule has 36 heavy (non-hydrogen) atoms. The summed E-state index contributed by atoms with van der Waals surface area (Å²) in [4.78, 5) is 14.7. The summed E-state index contributed by atoms with van der Waals surface area (Å²) < 4.78 is 41.6. The molecule has 4 rings (SSSR count). The van der Waals surface area contributed by atoms with Gasteiger partial charge in [0, 0.05) is 12.5 Å². The molecule has 9 heteroatoms. The zero-order chi connectivity index (χ0) is 25.9. The summed E-state index contributed by atoms with van der Waals surface area (Å²) in [5.74, 6) is 0.556. The molecule has 0 radical (unpaired) electrons. The van der Waals surface area contributed by atoms with Crippen LogP contribution in [0.4, 0.5) is 5.82 Å². The highest BCUT2D eigenvalue weighted by Crippen LogP contribution is 2.34. The van der Waals surface area contributed by atoms with E-state index in [1.165, 1.54) is 4.31 Å². The lowest BCUT2D eigenvalue weighted by Gasteiger charge is -2.24. The van der Waals surface area contributed by atoms with E-state index in [2.05, 4.69) is 4.85 Å². The van der Waals surface area contributed by atoms with Crippen LogP contribution in [-0.4, -0.2) is 43.0 Å². The molecule has 8 nitrogen and oxygen atoms in total. The fourth-order valence-corrected chi connectivity index (χ4v) is 6.04. The van der Waals surface area contributed by atoms with Crippen molar-refractivity contribution < 1.29 is 22.7 Å². The minimum absolute atomic E-state index is 0.106. The Bertz CT molecular complexity index is 1410. The first-order valence-corrected chi connectivity index (χ1v) is 13.2. The molecular formula is C27H29N3O5S. The fraction of sp³-hybridized carbons (Fsp3) is 0.333. The second-order valence-corrected chi connectivity index (χ2v) is 10.8. The molecule has 0 bridgehead atoms. The average molecular weight is 508 g/mol. The smallest absolute Gasteiger partial charge is 0.293 e. The molecule has 2 atom stereocenters. The Morgan fingerprint density at radius 1 is 1.22 bits per heavy atom. The highest BCUT2D eigenvalue weighted by Gasteiger charge is 2.34. The van der Waals surface area contributed by atoms with E-state index in [9.17, 15) is 13.2 Å². The molecule has 0 fully saturated rings. The Balaban J connectivity index is 1.72. The van der Waals surface area contributed by atoms with Crippen molar-refractivity contribution in [1.82, 2.24) is 8.87 Å². The SMILES string of the molecule is [C-]#[N+]c1cc(C(COC=O)c2ccc(C)c(CN3C[C@@H](CC)Oc4ccccc4S3(=O)=O)c2)cn1C. The number of nitrogens with zero attached hydrogens (tertiary/aromatic N) is 3. The number of carbonyl (C=O) groups is 1. The normalized spacial score (nSPS) is 17.8. The molecule has 0 amide bonds. The van der Waals surface area contributed by atoms with Gasteiger partial charge in [-0.05, 0) is 53.8 Å². The predicted molar refractivity (Wildman–Crippen MR) is 135 cm³/mol. The van der Waals surface area contributed by atoms with E-state index in [-0.39, 0.29) is 36.6 Å². The Morgan fingerprint density at radius 3 is 2.69 bits per heavy atom. The topological polar surface area (TPSA) is 82.2 Å². The van der Waals surface area contributed by atoms with E-state index in [1.54, 1.807) is 41.9 Å². The van der Waals surface area contributed by atoms with Crippen molar-refractivity contribution in [2.75, 3.05) is 13.2 Å². The van der Waals surface area contributed by atoms with Crippen molar-refractivity contribution in [3.8, 4) is 5.75 Å². The van der Waals surface area contributed by atoms with Gasteiger partial charge in [-0.25, -0.2) is 8.42 Å². The first kappa shape index (κ1) is 25.5. The zero-order valence-electron chi connectivity index (χ0n) is 20.5. The van der Waals surface area contributed by atoms with Crippen molar-refractivity contribution >= 4 is 22.3 Å². The lowest BCUT2D eigenvalue weighted by molar-refractivity contribution is -0.128. The molecule has 2 heterocycles. The molecule has 0 spiro atoms. The Morgan fingerprint density at radius 2 is 2.00 bits per heavy atom. The van der Waals surface area contributed by atoms with Gasteiger partial charge in [0.2, 0.25) is 15.8 Å². The van der Waals surface area contributed by atoms with Crippen molar-refractivity contribution in [3.63, 3.8) is 0 Å². The van der Waals surface area contributed by atoms with Crippen molar-refractivity contribution in [2.45, 2.75) is 43.7 Å². The molecule has 0 saturated heterocycles. The predicted octanol–water partition coefficient (Wildman–Crippen LogP) is 4.55. The van der Waals surface area contributed by atoms with Crippen LogP contribution in [0.15, 0.2) is 59.6 Å². The first-order chi connectivity index (χ1) is 17.3. The number of ether oxygens (including phenoxy) is 2. The molecule has 1 aliphatic rings. The highest BCUT2D eigenvalue weighted by atomic mass is 32.2. The van der Waals surface area contributed by atoms with Crippen LogP contribution in [0.2, 0.25) is 0 Å². The molecule has 0 aliphatic carbocycles. The van der Waals surface area contributed by atoms with Gasteiger partial charge in [-0.2, -0.15) is 4.31 Å². The van der Waals surface area contributed by atoms with Crippen LogP contribution in [0.5, 0.6) is 5.75 Å². The maximum Gasteiger partial charge on any atom is 0.293 e. The number of benzene rings is 2. The minimum Gasteiger partial charge on any atom is -0.488 e. The third-order valence-electron chi connectivity index (χ3n) is 6.59. The third-order valence-corrected chi connectivity index (χ3v) is 8.44. The van der Waals surface area contributed by atoms with Gasteiger partial charge in [0.25, 0.3) is 6.47 Å². The molecule has 0 saturated carbocycles. The van der Waals surface area contributed by atoms with E-state index >= 15 is 0 Å². The van der Waals surface area contributed by atoms with Gasteiger partial charge in [-0.1, -0.05) is 43.8 Å². The molecule has 188 valence electrons. The molecule has 2 aromatic carbocycles. The van der Waals surface area contributed by atoms with Crippen LogP contribution in [-0.2, 0) is 33.1 Å². The lowest BCUT2D eigenvalue weighted by atomic mass is 9.91. The second kappa shape index (κ2) is 10.6. The molecular weight excluding hydrogens is 478 g/mol. The van der Waals surface area contributed by atoms with E-state index < -0.39 is 10.0 Å². The summed E-state index contributed by atoms with van der Waals surface area (Å²) in [6.45, 7) is 12.2. The molecule has 1 aliphatic heterocycles. The standard InChI is InChI=1S/C27H29N3O5S/c1-5-23-16-30(36(32,33)26-9-7-6-8-25(26)35-23)15-21-12-20(11-10-19(21)2)24(17-34-18-31)22-13-27(28-3)29(4)14-22/h6-14,18,23-24H,5,15-17H2,1-2,4H3/t23-,24?/m1/s1. The minimum atomic E-state index is -3.78. The summed E-state index contributed by atoms with van der Waals surface area (Å²) >= 11 is 0. The summed E-state index contributed by atoms with van der Waals surface area (Å²) in [5.41, 5.74) is 3.51. The van der Waals surface area contributed by atoms with Gasteiger partial charge in [-0.15, -0.1) is 0 Å². The number of aryl methyl sites for hydroxylation is 2. The lowest BCUT2D eigenvalue weighted by Crippen LogP contribution is -2.36. The van der Waals surface area contributed by atoms with Crippen LogP contribution in [0.1, 0.15) is 41.5 Å². The van der Waals surface area contributed by atoms with Gasteiger partial charge >= 0.3 is 0 Å². The fourth-order valence-electron chi connectivity index (χ4n) is 4.47. The van der Waals surface area contributed by atoms with Crippen LogP contribution >= 0.6 is 0 Å². The summed E-state index contributed by atoms with van der Waals surface area (Å²) in [5, 5.41) is 0. The number of fused-ring (bicyclic) bond motifs is 1. The maximum absolute atomic E-state index is 13.6. The largest absolute Gasteiger partial charge is 0.488 e. The summed E-state index contributed by atoms with van der Waals surface area (Å²) in [6.07, 6.45) is 2.25. The van der Waals surface area contributed by atoms with Crippen molar-refractivity contribution in [1.29, 1.82) is 0 Å². The number of rotatable bonds is 8. The van der Waals surface area contributed by atoms with Crippen LogP contribution in [0.25, 0.3) is 4.85 Å². The summed E-state index contributed by atoms with van der Waals surface area (Å²) in [7, 11) is -1.99. The van der Waals surface area contributed by atoms with Gasteiger partial charge in [0.1, 0.15) is 23.4 Å². The van der Waals surface area contributed by atoms with E-state index in [0.29, 0.717) is 24.5 Å². The second-order valence-electron chi connectivity index (χ2n) is 8.91. The summed E-state index contributed by atoms with van der Waals surface area (Å²) in [6, 6.07) is 14.4. The van der Waals surface area contributed by atoms with Crippen LogP contribution in [0, 0.1) is 13.5 Å². The van der Waals surface area contributed by atoms with Crippen molar-refractivity contribution in [2.24, 2.45) is 7.05 Å². The van der Waals surface area contributed by atoms with Gasteiger partial charge in [0.15, 0.2) is 0 Å². The Hall–Kier alpha value is -3.61. The monoisotopic (exact) mass is 507 g/mol. The maximum atomic E-state index is 13.6. The number of carbonyl (C=O) groups excluding carboxylic acids is 1. The average Bonchev–Trinajstić information content (AvgIpc) is 3.20. The molecule has 1 aromatic heterocycles.